The summed E-state index contributed by atoms with van der Waals surface area (Å²) in [7, 11) is 1.64. The maximum Gasteiger partial charge on any atom is 0.213 e. The summed E-state index contributed by atoms with van der Waals surface area (Å²) >= 11 is 0. The number of methoxy groups -OCH3 is 1. The summed E-state index contributed by atoms with van der Waals surface area (Å²) in [6, 6.07) is 4.00. The van der Waals surface area contributed by atoms with E-state index in [4.69, 9.17) is 4.74 Å². The highest BCUT2D eigenvalue weighted by Crippen LogP contribution is 2.57. The van der Waals surface area contributed by atoms with Crippen LogP contribution < -0.4 is 4.74 Å². The molecule has 0 aromatic carbocycles. The number of nitrogens with zero attached hydrogens (tertiary/aromatic N) is 3. The van der Waals surface area contributed by atoms with Gasteiger partial charge < -0.3 is 14.4 Å². The van der Waals surface area contributed by atoms with Crippen LogP contribution in [0.25, 0.3) is 11.3 Å². The molecule has 2 unspecified atom stereocenters. The molecule has 2 fully saturated rings. The zero-order chi connectivity index (χ0) is 17.0. The number of pyridine rings is 1. The van der Waals surface area contributed by atoms with Crippen molar-refractivity contribution in [3.8, 4) is 17.1 Å². The van der Waals surface area contributed by atoms with Crippen molar-refractivity contribution in [2.24, 2.45) is 11.3 Å². The largest absolute Gasteiger partial charge is 0.481 e. The molecule has 5 nitrogen and oxygen atoms in total. The first-order chi connectivity index (χ1) is 12.2. The van der Waals surface area contributed by atoms with Crippen molar-refractivity contribution in [1.29, 1.82) is 0 Å². The zero-order valence-electron chi connectivity index (χ0n) is 14.7. The number of aliphatic hydroxyl groups is 1. The summed E-state index contributed by atoms with van der Waals surface area (Å²) in [5.74, 6) is 1.05. The Morgan fingerprint density at radius 1 is 1.28 bits per heavy atom. The number of imidazole rings is 1. The van der Waals surface area contributed by atoms with Crippen molar-refractivity contribution in [3.05, 3.63) is 30.4 Å². The predicted octanol–water partition coefficient (Wildman–Crippen LogP) is 3.58. The van der Waals surface area contributed by atoms with Gasteiger partial charge in [0.2, 0.25) is 5.88 Å². The lowest BCUT2D eigenvalue weighted by Gasteiger charge is -2.32. The van der Waals surface area contributed by atoms with E-state index >= 15 is 0 Å². The average molecular weight is 339 g/mol. The number of rotatable bonds is 4. The Kier molecular flexibility index (Phi) is 3.42. The second-order valence-electron chi connectivity index (χ2n) is 8.13. The van der Waals surface area contributed by atoms with Gasteiger partial charge >= 0.3 is 0 Å². The summed E-state index contributed by atoms with van der Waals surface area (Å²) < 4.78 is 7.47. The minimum atomic E-state index is -0.282. The lowest BCUT2D eigenvalue weighted by molar-refractivity contribution is 0.0555. The summed E-state index contributed by atoms with van der Waals surface area (Å²) in [6.07, 6.45) is 11.9. The van der Waals surface area contributed by atoms with Gasteiger partial charge in [0.25, 0.3) is 0 Å². The number of aromatic nitrogens is 3. The predicted molar refractivity (Wildman–Crippen MR) is 94.4 cm³/mol. The van der Waals surface area contributed by atoms with Crippen molar-refractivity contribution in [2.75, 3.05) is 7.11 Å². The molecule has 2 aromatic heterocycles. The normalized spacial score (nSPS) is 24.8. The number of fused-ring (bicyclic) bond motifs is 3. The second-order valence-corrected chi connectivity index (χ2v) is 8.13. The van der Waals surface area contributed by atoms with Gasteiger partial charge in [-0.15, -0.1) is 0 Å². The van der Waals surface area contributed by atoms with Gasteiger partial charge in [0.15, 0.2) is 0 Å². The Bertz CT molecular complexity index is 786. The third-order valence-electron chi connectivity index (χ3n) is 6.76. The summed E-state index contributed by atoms with van der Waals surface area (Å²) in [4.78, 5) is 8.99. The molecule has 5 heteroatoms. The fraction of sp³-hybridized carbons (Fsp3) is 0.600. The number of hydrogen-bond donors (Lipinski definition) is 1. The molecule has 1 N–H and O–H groups in total. The molecule has 0 amide bonds. The SMILES string of the molecule is COc1ccc2c(n1)C(CC(O)C1CCC3(CC1)CC3)n1cncc1-2. The highest BCUT2D eigenvalue weighted by Gasteiger charge is 2.46. The van der Waals surface area contributed by atoms with Crippen molar-refractivity contribution in [3.63, 3.8) is 0 Å². The van der Waals surface area contributed by atoms with E-state index in [9.17, 15) is 5.11 Å². The van der Waals surface area contributed by atoms with Crippen LogP contribution in [0, 0.1) is 11.3 Å². The van der Waals surface area contributed by atoms with E-state index in [-0.39, 0.29) is 12.1 Å². The van der Waals surface area contributed by atoms with Crippen LogP contribution in [-0.4, -0.2) is 32.9 Å². The van der Waals surface area contributed by atoms with Crippen molar-refractivity contribution < 1.29 is 9.84 Å². The van der Waals surface area contributed by atoms with E-state index in [2.05, 4.69) is 20.6 Å². The van der Waals surface area contributed by atoms with Gasteiger partial charge in [-0.25, -0.2) is 9.97 Å². The molecule has 3 heterocycles. The maximum absolute atomic E-state index is 10.9. The van der Waals surface area contributed by atoms with Gasteiger partial charge in [0.1, 0.15) is 0 Å². The summed E-state index contributed by atoms with van der Waals surface area (Å²) in [6.45, 7) is 0. The first kappa shape index (κ1) is 15.4. The average Bonchev–Trinajstić information content (AvgIpc) is 3.11. The third-order valence-corrected chi connectivity index (χ3v) is 6.76. The molecular weight excluding hydrogens is 314 g/mol. The van der Waals surface area contributed by atoms with Crippen LogP contribution in [0.5, 0.6) is 5.88 Å². The van der Waals surface area contributed by atoms with Crippen molar-refractivity contribution >= 4 is 0 Å². The molecule has 0 saturated heterocycles. The smallest absolute Gasteiger partial charge is 0.213 e. The lowest BCUT2D eigenvalue weighted by atomic mass is 9.76. The molecule has 2 aliphatic carbocycles. The van der Waals surface area contributed by atoms with Gasteiger partial charge in [-0.05, 0) is 55.9 Å². The van der Waals surface area contributed by atoms with Crippen LogP contribution in [0.15, 0.2) is 24.7 Å². The molecule has 5 rings (SSSR count). The first-order valence-electron chi connectivity index (χ1n) is 9.44. The van der Waals surface area contributed by atoms with Crippen molar-refractivity contribution in [1.82, 2.24) is 14.5 Å². The molecule has 2 saturated carbocycles. The topological polar surface area (TPSA) is 60.2 Å². The fourth-order valence-electron chi connectivity index (χ4n) is 4.89. The van der Waals surface area contributed by atoms with Gasteiger partial charge in [-0.2, -0.15) is 0 Å². The molecule has 2 aromatic rings. The Balaban J connectivity index is 1.38. The molecule has 132 valence electrons. The van der Waals surface area contributed by atoms with Gasteiger partial charge in [0.05, 0.1) is 43.2 Å². The van der Waals surface area contributed by atoms with Crippen LogP contribution in [0.4, 0.5) is 0 Å². The Morgan fingerprint density at radius 2 is 2.08 bits per heavy atom. The molecule has 2 atom stereocenters. The quantitative estimate of drug-likeness (QED) is 0.925. The lowest BCUT2D eigenvalue weighted by Crippen LogP contribution is -2.28. The van der Waals surface area contributed by atoms with E-state index in [1.54, 1.807) is 7.11 Å². The Labute approximate surface area is 148 Å². The van der Waals surface area contributed by atoms with Crippen LogP contribution in [0.1, 0.15) is 56.7 Å². The van der Waals surface area contributed by atoms with Crippen LogP contribution in [0.3, 0.4) is 0 Å². The summed E-state index contributed by atoms with van der Waals surface area (Å²) in [5, 5.41) is 10.9. The highest BCUT2D eigenvalue weighted by molar-refractivity contribution is 5.67. The Hall–Kier alpha value is -1.88. The third kappa shape index (κ3) is 2.48. The van der Waals surface area contributed by atoms with Crippen LogP contribution >= 0.6 is 0 Å². The van der Waals surface area contributed by atoms with E-state index < -0.39 is 0 Å². The highest BCUT2D eigenvalue weighted by atomic mass is 16.5. The molecular formula is C20H25N3O2. The number of hydrogen-bond acceptors (Lipinski definition) is 4. The Morgan fingerprint density at radius 3 is 2.80 bits per heavy atom. The number of aliphatic hydroxyl groups excluding tert-OH is 1. The summed E-state index contributed by atoms with van der Waals surface area (Å²) in [5.41, 5.74) is 3.87. The minimum absolute atomic E-state index is 0.0504. The molecule has 0 radical (unpaired) electrons. The first-order valence-corrected chi connectivity index (χ1v) is 9.44. The minimum Gasteiger partial charge on any atom is -0.481 e. The molecule has 0 bridgehead atoms. The maximum atomic E-state index is 10.9. The van der Waals surface area contributed by atoms with E-state index in [0.29, 0.717) is 23.6 Å². The monoisotopic (exact) mass is 339 g/mol. The molecule has 3 aliphatic rings. The van der Waals surface area contributed by atoms with Crippen molar-refractivity contribution in [2.45, 2.75) is 57.1 Å². The van der Waals surface area contributed by atoms with Gasteiger partial charge in [0, 0.05) is 18.1 Å². The van der Waals surface area contributed by atoms with E-state index in [1.165, 1.54) is 38.5 Å². The molecule has 1 spiro atoms. The van der Waals surface area contributed by atoms with Crippen LogP contribution in [0.2, 0.25) is 0 Å². The van der Waals surface area contributed by atoms with Gasteiger partial charge in [-0.3, -0.25) is 0 Å². The molecule has 1 aliphatic heterocycles. The van der Waals surface area contributed by atoms with E-state index in [1.807, 2.05) is 18.6 Å². The zero-order valence-corrected chi connectivity index (χ0v) is 14.7. The van der Waals surface area contributed by atoms with E-state index in [0.717, 1.165) is 17.0 Å². The van der Waals surface area contributed by atoms with Crippen LogP contribution in [-0.2, 0) is 0 Å². The number of ether oxygens (including phenoxy) is 1. The molecule has 25 heavy (non-hydrogen) atoms. The fourth-order valence-corrected chi connectivity index (χ4v) is 4.89. The standard InChI is InChI=1S/C20H25N3O2/c1-25-18-3-2-14-16-11-21-12-23(16)15(19(14)22-18)10-17(24)13-4-6-20(7-5-13)8-9-20/h2-3,11-13,15,17,24H,4-10H2,1H3. The second kappa shape index (κ2) is 5.56. The van der Waals surface area contributed by atoms with Gasteiger partial charge in [-0.1, -0.05) is 0 Å².